The van der Waals surface area contributed by atoms with Crippen LogP contribution in [0, 0.1) is 0 Å². The van der Waals surface area contributed by atoms with E-state index in [9.17, 15) is 9.90 Å². The first-order valence-corrected chi connectivity index (χ1v) is 3.09. The fraction of sp³-hybridized carbons (Fsp3) is 0.125. The van der Waals surface area contributed by atoms with Gasteiger partial charge in [0.15, 0.2) is 0 Å². The molecule has 0 atom stereocenters. The number of carboxylic acids is 1. The van der Waals surface area contributed by atoms with Crippen LogP contribution in [0.25, 0.3) is 0 Å². The van der Waals surface area contributed by atoms with Crippen molar-refractivity contribution >= 4 is 29.0 Å². The Morgan fingerprint density at radius 1 is 1.31 bits per heavy atom. The van der Waals surface area contributed by atoms with Crippen molar-refractivity contribution in [3.8, 4) is 5.75 Å². The van der Waals surface area contributed by atoms with Gasteiger partial charge in [0, 0.05) is 0 Å². The van der Waals surface area contributed by atoms with Gasteiger partial charge in [0.05, 0.1) is 13.1 Å². The van der Waals surface area contributed by atoms with Crippen LogP contribution in [0.1, 0.15) is 10.4 Å². The molecule has 0 aliphatic carbocycles. The predicted octanol–water partition coefficient (Wildman–Crippen LogP) is -3.32. The van der Waals surface area contributed by atoms with Gasteiger partial charge in [-0.2, -0.15) is 0 Å². The summed E-state index contributed by atoms with van der Waals surface area (Å²) in [6.07, 6.45) is 0. The van der Waals surface area contributed by atoms with Crippen LogP contribution >= 0.6 is 0 Å². The van der Waals surface area contributed by atoms with E-state index in [-0.39, 0.29) is 45.6 Å². The third kappa shape index (κ3) is 4.49. The van der Waals surface area contributed by atoms with E-state index in [1.807, 2.05) is 0 Å². The van der Waals surface area contributed by atoms with Crippen LogP contribution in [0.2, 0.25) is 0 Å². The molecule has 0 aromatic heterocycles. The molecule has 0 radical (unpaired) electrons. The summed E-state index contributed by atoms with van der Waals surface area (Å²) < 4.78 is 4.84. The molecule has 0 saturated heterocycles. The zero-order valence-electron chi connectivity index (χ0n) is 7.12. The summed E-state index contributed by atoms with van der Waals surface area (Å²) in [5.74, 6) is -0.539. The normalized spacial score (nSPS) is 7.77. The summed E-state index contributed by atoms with van der Waals surface area (Å²) in [6.45, 7) is 0. The topological polar surface area (TPSA) is 49.4 Å². The fourth-order valence-electron chi connectivity index (χ4n) is 0.727. The molecule has 1 aromatic rings. The van der Waals surface area contributed by atoms with Crippen molar-refractivity contribution in [3.63, 3.8) is 0 Å². The number of benzene rings is 1. The number of halogens is 1. The maximum atomic E-state index is 10.2. The van der Waals surface area contributed by atoms with Gasteiger partial charge in [0.2, 0.25) is 0 Å². The van der Waals surface area contributed by atoms with Crippen LogP contribution in [0.15, 0.2) is 24.3 Å². The van der Waals surface area contributed by atoms with Crippen LogP contribution in [0.3, 0.4) is 0 Å². The molecule has 0 amide bonds. The number of aromatic carboxylic acids is 1. The number of carboxylic acid groups (broad SMARTS) is 1. The molecule has 0 heterocycles. The molecular weight excluding hydrogens is 248 g/mol. The first-order chi connectivity index (χ1) is 5.24. The maximum Gasteiger partial charge on any atom is 2.00 e. The van der Waals surface area contributed by atoms with Crippen molar-refractivity contribution < 1.29 is 31.6 Å². The molecule has 0 fully saturated rings. The van der Waals surface area contributed by atoms with E-state index in [1.54, 1.807) is 12.1 Å². The van der Waals surface area contributed by atoms with E-state index in [0.717, 1.165) is 0 Å². The van der Waals surface area contributed by atoms with Gasteiger partial charge in [-0.15, -0.1) is 0 Å². The number of hydrogen-bond acceptors (Lipinski definition) is 3. The van der Waals surface area contributed by atoms with Crippen molar-refractivity contribution in [2.24, 2.45) is 0 Å². The van der Waals surface area contributed by atoms with E-state index in [4.69, 9.17) is 4.74 Å². The first-order valence-electron chi connectivity index (χ1n) is 3.09. The fourth-order valence-corrected chi connectivity index (χ4v) is 0.727. The Bertz CT molecular complexity index is 261. The minimum Gasteiger partial charge on any atom is -1.00 e. The number of methoxy groups -OCH3 is 1. The molecule has 0 saturated carbocycles. The predicted molar refractivity (Wildman–Crippen MR) is 43.1 cm³/mol. The number of carbonyl (C=O) groups is 1. The second kappa shape index (κ2) is 7.17. The first kappa shape index (κ1) is 15.2. The molecular formula is C8H7BrMgO3. The quantitative estimate of drug-likeness (QED) is 0.520. The number of rotatable bonds is 2. The number of hydrogen-bond donors (Lipinski definition) is 0. The van der Waals surface area contributed by atoms with Gasteiger partial charge in [-0.3, -0.25) is 0 Å². The molecule has 0 bridgehead atoms. The molecule has 13 heavy (non-hydrogen) atoms. The molecule has 0 spiro atoms. The Balaban J connectivity index is 0. The molecule has 66 valence electrons. The van der Waals surface area contributed by atoms with Crippen LogP contribution in [-0.2, 0) is 0 Å². The molecule has 0 aliphatic heterocycles. The van der Waals surface area contributed by atoms with Gasteiger partial charge in [-0.05, 0) is 29.8 Å². The molecule has 1 aromatic carbocycles. The number of carbonyl (C=O) groups excluding carboxylic acids is 1. The van der Waals surface area contributed by atoms with Gasteiger partial charge in [0.25, 0.3) is 0 Å². The third-order valence-corrected chi connectivity index (χ3v) is 1.33. The monoisotopic (exact) mass is 254 g/mol. The molecule has 0 N–H and O–H groups in total. The average Bonchev–Trinajstić information content (AvgIpc) is 2.05. The van der Waals surface area contributed by atoms with Gasteiger partial charge < -0.3 is 31.6 Å². The third-order valence-electron chi connectivity index (χ3n) is 1.33. The van der Waals surface area contributed by atoms with Crippen LogP contribution in [0.5, 0.6) is 5.75 Å². The smallest absolute Gasteiger partial charge is 1.00 e. The molecule has 0 unspecified atom stereocenters. The molecule has 5 heteroatoms. The Hall–Kier alpha value is -0.264. The standard InChI is InChI=1S/C8H8O3.BrH.Mg/c1-11-7-4-2-6(3-5-7)8(9)10;;/h2-5H,1H3,(H,9,10);1H;/q;;+2/p-2. The minimum atomic E-state index is -1.17. The Morgan fingerprint density at radius 2 is 1.77 bits per heavy atom. The largest absolute Gasteiger partial charge is 2.00 e. The van der Waals surface area contributed by atoms with E-state index < -0.39 is 5.97 Å². The molecule has 3 nitrogen and oxygen atoms in total. The van der Waals surface area contributed by atoms with E-state index in [1.165, 1.54) is 19.2 Å². The van der Waals surface area contributed by atoms with Gasteiger partial charge in [-0.1, -0.05) is 0 Å². The summed E-state index contributed by atoms with van der Waals surface area (Å²) in [4.78, 5) is 10.2. The summed E-state index contributed by atoms with van der Waals surface area (Å²) in [5, 5.41) is 10.2. The zero-order valence-corrected chi connectivity index (χ0v) is 10.1. The summed E-state index contributed by atoms with van der Waals surface area (Å²) >= 11 is 0. The average molecular weight is 255 g/mol. The molecule has 0 aliphatic rings. The Morgan fingerprint density at radius 3 is 2.08 bits per heavy atom. The van der Waals surface area contributed by atoms with E-state index >= 15 is 0 Å². The Labute approximate surface area is 103 Å². The summed E-state index contributed by atoms with van der Waals surface area (Å²) in [7, 11) is 1.52. The number of ether oxygens (including phenoxy) is 1. The SMILES string of the molecule is COc1ccc(C(=O)[O-])cc1.[Br-].[Mg+2]. The van der Waals surface area contributed by atoms with Crippen molar-refractivity contribution in [3.05, 3.63) is 29.8 Å². The summed E-state index contributed by atoms with van der Waals surface area (Å²) in [6, 6.07) is 6.03. The van der Waals surface area contributed by atoms with E-state index in [0.29, 0.717) is 5.75 Å². The van der Waals surface area contributed by atoms with E-state index in [2.05, 4.69) is 0 Å². The van der Waals surface area contributed by atoms with Gasteiger partial charge >= 0.3 is 23.1 Å². The second-order valence-electron chi connectivity index (χ2n) is 2.02. The van der Waals surface area contributed by atoms with Crippen LogP contribution in [0.4, 0.5) is 0 Å². The second-order valence-corrected chi connectivity index (χ2v) is 2.02. The molecule has 1 rings (SSSR count). The summed E-state index contributed by atoms with van der Waals surface area (Å²) in [5.41, 5.74) is 0.158. The van der Waals surface area contributed by atoms with Crippen molar-refractivity contribution in [2.75, 3.05) is 7.11 Å². The van der Waals surface area contributed by atoms with Crippen LogP contribution in [-0.4, -0.2) is 36.1 Å². The van der Waals surface area contributed by atoms with Gasteiger partial charge in [-0.25, -0.2) is 0 Å². The van der Waals surface area contributed by atoms with Crippen molar-refractivity contribution in [1.29, 1.82) is 0 Å². The Kier molecular flexibility index (Phi) is 8.39. The van der Waals surface area contributed by atoms with Crippen molar-refractivity contribution in [2.45, 2.75) is 0 Å². The minimum absolute atomic E-state index is 0. The van der Waals surface area contributed by atoms with Crippen molar-refractivity contribution in [1.82, 2.24) is 0 Å². The van der Waals surface area contributed by atoms with Gasteiger partial charge in [0.1, 0.15) is 5.75 Å². The maximum absolute atomic E-state index is 10.2. The zero-order chi connectivity index (χ0) is 8.27. The van der Waals surface area contributed by atoms with Crippen LogP contribution < -0.4 is 26.8 Å².